The van der Waals surface area contributed by atoms with E-state index in [9.17, 15) is 19.5 Å². The Bertz CT molecular complexity index is 724. The van der Waals surface area contributed by atoms with Crippen LogP contribution in [0.5, 0.6) is 0 Å². The number of ether oxygens (including phenoxy) is 1. The minimum atomic E-state index is -0.942. The molecule has 31 heavy (non-hydrogen) atoms. The standard InChI is InChI=1S/C23H37N3O5/c1-3-22-11-12-23(31-22)17(16(22)19(28)24-2)21(30)26(13-7-8-14-27)18(23)20(29)25-15-9-5-4-6-10-15/h15-18,27H,3-14H2,1-2H3,(H,24,28)(H,25,29)/t16-,17+,18?,22+,23?/m1/s1. The molecule has 2 bridgehead atoms. The fourth-order valence-corrected chi connectivity index (χ4v) is 6.73. The van der Waals surface area contributed by atoms with Crippen molar-refractivity contribution in [3.8, 4) is 0 Å². The van der Waals surface area contributed by atoms with E-state index < -0.39 is 29.1 Å². The molecule has 4 aliphatic rings. The van der Waals surface area contributed by atoms with Gasteiger partial charge in [0.1, 0.15) is 11.6 Å². The predicted octanol–water partition coefficient (Wildman–Crippen LogP) is 1.11. The molecule has 4 rings (SSSR count). The SMILES string of the molecule is CC[C@@]12CCC3(O1)C(C(=O)NC1CCCCC1)N(CCCCO)C(=O)[C@@H]3[C@@H]2C(=O)NC. The molecule has 1 saturated carbocycles. The van der Waals surface area contributed by atoms with Crippen LogP contribution in [-0.4, -0.2) is 71.2 Å². The zero-order valence-corrected chi connectivity index (χ0v) is 18.8. The number of rotatable bonds is 8. The summed E-state index contributed by atoms with van der Waals surface area (Å²) in [6.07, 6.45) is 8.46. The van der Waals surface area contributed by atoms with E-state index in [0.29, 0.717) is 38.6 Å². The van der Waals surface area contributed by atoms with E-state index in [0.717, 1.165) is 25.7 Å². The average molecular weight is 436 g/mol. The molecule has 0 aromatic rings. The molecule has 3 heterocycles. The number of fused-ring (bicyclic) bond motifs is 1. The highest BCUT2D eigenvalue weighted by molar-refractivity contribution is 5.99. The Morgan fingerprint density at radius 3 is 2.55 bits per heavy atom. The third-order valence-corrected chi connectivity index (χ3v) is 8.22. The van der Waals surface area contributed by atoms with Gasteiger partial charge in [0.15, 0.2) is 0 Å². The van der Waals surface area contributed by atoms with Crippen molar-refractivity contribution in [3.05, 3.63) is 0 Å². The van der Waals surface area contributed by atoms with Gasteiger partial charge in [-0.15, -0.1) is 0 Å². The summed E-state index contributed by atoms with van der Waals surface area (Å²) in [7, 11) is 1.59. The highest BCUT2D eigenvalue weighted by atomic mass is 16.5. The summed E-state index contributed by atoms with van der Waals surface area (Å²) in [5.41, 5.74) is -1.62. The van der Waals surface area contributed by atoms with Crippen LogP contribution in [0.4, 0.5) is 0 Å². The molecule has 3 aliphatic heterocycles. The van der Waals surface area contributed by atoms with E-state index in [1.54, 1.807) is 11.9 Å². The molecule has 0 aromatic heterocycles. The molecular formula is C23H37N3O5. The lowest BCUT2D eigenvalue weighted by Gasteiger charge is -2.35. The van der Waals surface area contributed by atoms with Gasteiger partial charge in [0.05, 0.1) is 17.4 Å². The summed E-state index contributed by atoms with van der Waals surface area (Å²) in [5.74, 6) is -1.67. The van der Waals surface area contributed by atoms with Crippen LogP contribution in [0.2, 0.25) is 0 Å². The zero-order chi connectivity index (χ0) is 22.2. The monoisotopic (exact) mass is 435 g/mol. The van der Waals surface area contributed by atoms with Crippen LogP contribution in [0.15, 0.2) is 0 Å². The van der Waals surface area contributed by atoms with Crippen LogP contribution in [0.1, 0.15) is 71.1 Å². The summed E-state index contributed by atoms with van der Waals surface area (Å²) in [4.78, 5) is 41.9. The molecular weight excluding hydrogens is 398 g/mol. The van der Waals surface area contributed by atoms with Gasteiger partial charge in [-0.05, 0) is 44.9 Å². The molecule has 1 spiro atoms. The molecule has 0 radical (unpaired) electrons. The number of carbonyl (C=O) groups is 3. The number of aliphatic hydroxyl groups is 1. The number of unbranched alkanes of at least 4 members (excludes halogenated alkanes) is 1. The lowest BCUT2D eigenvalue weighted by molar-refractivity contribution is -0.148. The first-order valence-electron chi connectivity index (χ1n) is 12.1. The first kappa shape index (κ1) is 22.5. The number of amides is 3. The molecule has 0 aromatic carbocycles. The van der Waals surface area contributed by atoms with Crippen LogP contribution in [0.25, 0.3) is 0 Å². The van der Waals surface area contributed by atoms with E-state index in [-0.39, 0.29) is 30.4 Å². The highest BCUT2D eigenvalue weighted by Crippen LogP contribution is 2.64. The van der Waals surface area contributed by atoms with E-state index in [4.69, 9.17) is 4.74 Å². The summed E-state index contributed by atoms with van der Waals surface area (Å²) in [6, 6.07) is -0.576. The molecule has 2 unspecified atom stereocenters. The van der Waals surface area contributed by atoms with Crippen molar-refractivity contribution in [1.29, 1.82) is 0 Å². The number of nitrogens with zero attached hydrogens (tertiary/aromatic N) is 1. The zero-order valence-electron chi connectivity index (χ0n) is 18.8. The fourth-order valence-electron chi connectivity index (χ4n) is 6.73. The van der Waals surface area contributed by atoms with E-state index in [1.165, 1.54) is 6.42 Å². The molecule has 4 fully saturated rings. The first-order chi connectivity index (χ1) is 14.9. The summed E-state index contributed by atoms with van der Waals surface area (Å²) < 4.78 is 6.65. The maximum atomic E-state index is 13.7. The molecule has 8 heteroatoms. The van der Waals surface area contributed by atoms with Gasteiger partial charge < -0.3 is 25.4 Å². The molecule has 5 atom stereocenters. The van der Waals surface area contributed by atoms with Crippen molar-refractivity contribution in [2.75, 3.05) is 20.2 Å². The van der Waals surface area contributed by atoms with Crippen molar-refractivity contribution in [2.24, 2.45) is 11.8 Å². The van der Waals surface area contributed by atoms with Crippen LogP contribution >= 0.6 is 0 Å². The van der Waals surface area contributed by atoms with Crippen LogP contribution in [0, 0.1) is 11.8 Å². The maximum absolute atomic E-state index is 13.7. The van der Waals surface area contributed by atoms with Crippen LogP contribution < -0.4 is 10.6 Å². The van der Waals surface area contributed by atoms with Gasteiger partial charge in [-0.3, -0.25) is 14.4 Å². The number of likely N-dealkylation sites (tertiary alicyclic amines) is 1. The van der Waals surface area contributed by atoms with Crippen molar-refractivity contribution in [1.82, 2.24) is 15.5 Å². The molecule has 3 saturated heterocycles. The van der Waals surface area contributed by atoms with Crippen molar-refractivity contribution in [2.45, 2.75) is 94.4 Å². The smallest absolute Gasteiger partial charge is 0.246 e. The second-order valence-electron chi connectivity index (χ2n) is 9.75. The number of hydrogen-bond acceptors (Lipinski definition) is 5. The average Bonchev–Trinajstić information content (AvgIpc) is 3.38. The van der Waals surface area contributed by atoms with Gasteiger partial charge in [-0.2, -0.15) is 0 Å². The number of hydrogen-bond donors (Lipinski definition) is 3. The van der Waals surface area contributed by atoms with Crippen LogP contribution in [0.3, 0.4) is 0 Å². The Hall–Kier alpha value is -1.67. The molecule has 8 nitrogen and oxygen atoms in total. The fraction of sp³-hybridized carbons (Fsp3) is 0.870. The Labute approximate surface area is 184 Å². The van der Waals surface area contributed by atoms with Gasteiger partial charge in [-0.25, -0.2) is 0 Å². The Morgan fingerprint density at radius 1 is 1.16 bits per heavy atom. The number of carbonyl (C=O) groups excluding carboxylic acids is 3. The molecule has 1 aliphatic carbocycles. The predicted molar refractivity (Wildman–Crippen MR) is 114 cm³/mol. The Morgan fingerprint density at radius 2 is 1.90 bits per heavy atom. The highest BCUT2D eigenvalue weighted by Gasteiger charge is 2.78. The van der Waals surface area contributed by atoms with Gasteiger partial charge in [0, 0.05) is 26.2 Å². The summed E-state index contributed by atoms with van der Waals surface area (Å²) >= 11 is 0. The quantitative estimate of drug-likeness (QED) is 0.495. The first-order valence-corrected chi connectivity index (χ1v) is 12.1. The van der Waals surface area contributed by atoms with E-state index in [1.807, 2.05) is 6.92 Å². The normalized spacial score (nSPS) is 37.2. The largest absolute Gasteiger partial charge is 0.396 e. The topological polar surface area (TPSA) is 108 Å². The summed E-state index contributed by atoms with van der Waals surface area (Å²) in [6.45, 7) is 2.44. The van der Waals surface area contributed by atoms with Gasteiger partial charge in [0.2, 0.25) is 17.7 Å². The summed E-state index contributed by atoms with van der Waals surface area (Å²) in [5, 5.41) is 15.2. The molecule has 3 amide bonds. The van der Waals surface area contributed by atoms with Crippen LogP contribution in [-0.2, 0) is 19.1 Å². The maximum Gasteiger partial charge on any atom is 0.246 e. The number of nitrogens with one attached hydrogen (secondary N) is 2. The van der Waals surface area contributed by atoms with E-state index >= 15 is 0 Å². The third-order valence-electron chi connectivity index (χ3n) is 8.22. The Kier molecular flexibility index (Phi) is 6.32. The van der Waals surface area contributed by atoms with E-state index in [2.05, 4.69) is 10.6 Å². The van der Waals surface area contributed by atoms with Crippen molar-refractivity contribution >= 4 is 17.7 Å². The second-order valence-corrected chi connectivity index (χ2v) is 9.75. The lowest BCUT2D eigenvalue weighted by atomic mass is 9.65. The molecule has 3 N–H and O–H groups in total. The minimum absolute atomic E-state index is 0.0475. The number of aliphatic hydroxyl groups excluding tert-OH is 1. The van der Waals surface area contributed by atoms with Crippen molar-refractivity contribution < 1.29 is 24.2 Å². The van der Waals surface area contributed by atoms with Gasteiger partial charge >= 0.3 is 0 Å². The molecule has 174 valence electrons. The van der Waals surface area contributed by atoms with Crippen molar-refractivity contribution in [3.63, 3.8) is 0 Å². The third kappa shape index (κ3) is 3.46. The van der Waals surface area contributed by atoms with Gasteiger partial charge in [0.25, 0.3) is 0 Å². The minimum Gasteiger partial charge on any atom is -0.396 e. The second kappa shape index (κ2) is 8.70. The Balaban J connectivity index is 1.67. The lowest BCUT2D eigenvalue weighted by Crippen LogP contribution is -2.57. The van der Waals surface area contributed by atoms with Gasteiger partial charge in [-0.1, -0.05) is 26.2 Å².